The Kier molecular flexibility index (Phi) is 7.17. The highest BCUT2D eigenvalue weighted by Crippen LogP contribution is 2.33. The number of rotatable bonds is 8. The van der Waals surface area contributed by atoms with Crippen LogP contribution in [0.2, 0.25) is 5.02 Å². The van der Waals surface area contributed by atoms with E-state index in [9.17, 15) is 4.79 Å². The number of ether oxygens (including phenoxy) is 1. The minimum Gasteiger partial charge on any atom is -0.496 e. The van der Waals surface area contributed by atoms with Crippen molar-refractivity contribution in [2.45, 2.75) is 19.0 Å². The van der Waals surface area contributed by atoms with Gasteiger partial charge in [-0.05, 0) is 42.3 Å². The molecule has 0 saturated carbocycles. The van der Waals surface area contributed by atoms with E-state index in [-0.39, 0.29) is 11.7 Å². The number of hydrogen-bond acceptors (Lipinski definition) is 5. The maximum Gasteiger partial charge on any atom is 0.230 e. The number of methoxy groups -OCH3 is 1. The van der Waals surface area contributed by atoms with Crippen LogP contribution in [-0.2, 0) is 4.79 Å². The Morgan fingerprint density at radius 1 is 1.17 bits per heavy atom. The third-order valence-electron chi connectivity index (χ3n) is 4.11. The molecule has 1 aromatic heterocycles. The van der Waals surface area contributed by atoms with Crippen molar-refractivity contribution in [3.8, 4) is 22.8 Å². The Hall–Kier alpha value is -2.51. The number of para-hydroxylation sites is 1. The topological polar surface area (TPSA) is 69.0 Å². The lowest BCUT2D eigenvalue weighted by Gasteiger charge is -2.13. The third-order valence-corrected chi connectivity index (χ3v) is 5.29. The Morgan fingerprint density at radius 3 is 2.59 bits per heavy atom. The fraction of sp³-hybridized carbons (Fsp3) is 0.286. The van der Waals surface area contributed by atoms with Gasteiger partial charge in [0, 0.05) is 17.3 Å². The molecule has 2 aromatic carbocycles. The van der Waals surface area contributed by atoms with Crippen LogP contribution in [0.1, 0.15) is 13.8 Å². The summed E-state index contributed by atoms with van der Waals surface area (Å²) >= 11 is 7.40. The summed E-state index contributed by atoms with van der Waals surface area (Å²) in [7, 11) is 1.62. The van der Waals surface area contributed by atoms with Crippen LogP contribution in [0, 0.1) is 5.92 Å². The van der Waals surface area contributed by atoms with Crippen molar-refractivity contribution < 1.29 is 9.53 Å². The van der Waals surface area contributed by atoms with Crippen LogP contribution in [0.15, 0.2) is 53.7 Å². The van der Waals surface area contributed by atoms with Crippen LogP contribution in [0.3, 0.4) is 0 Å². The Bertz CT molecular complexity index is 973. The van der Waals surface area contributed by atoms with Crippen LogP contribution in [0.4, 0.5) is 0 Å². The lowest BCUT2D eigenvalue weighted by molar-refractivity contribution is -0.118. The molecule has 6 nitrogen and oxygen atoms in total. The van der Waals surface area contributed by atoms with Crippen molar-refractivity contribution in [2.24, 2.45) is 5.92 Å². The van der Waals surface area contributed by atoms with Crippen molar-refractivity contribution in [1.82, 2.24) is 20.1 Å². The second-order valence-corrected chi connectivity index (χ2v) is 8.18. The number of carbonyl (C=O) groups excluding carboxylic acids is 1. The highest BCUT2D eigenvalue weighted by atomic mass is 35.5. The van der Waals surface area contributed by atoms with Crippen LogP contribution in [0.25, 0.3) is 17.1 Å². The SMILES string of the molecule is COc1ccccc1-c1nnc(SCC(=O)NCC(C)C)n1-c1ccc(Cl)cc1. The van der Waals surface area contributed by atoms with E-state index in [2.05, 4.69) is 29.4 Å². The molecule has 3 aromatic rings. The number of hydrogen-bond donors (Lipinski definition) is 1. The molecular weight excluding hydrogens is 408 g/mol. The number of amides is 1. The van der Waals surface area contributed by atoms with E-state index >= 15 is 0 Å². The first-order valence-corrected chi connectivity index (χ1v) is 10.6. The quantitative estimate of drug-likeness (QED) is 0.534. The first-order chi connectivity index (χ1) is 14.0. The number of thioether (sulfide) groups is 1. The molecule has 0 aliphatic rings. The van der Waals surface area contributed by atoms with Crippen molar-refractivity contribution >= 4 is 29.3 Å². The van der Waals surface area contributed by atoms with E-state index in [1.165, 1.54) is 11.8 Å². The number of nitrogens with zero attached hydrogens (tertiary/aromatic N) is 3. The molecule has 29 heavy (non-hydrogen) atoms. The van der Waals surface area contributed by atoms with Gasteiger partial charge in [0.1, 0.15) is 5.75 Å². The zero-order chi connectivity index (χ0) is 20.8. The van der Waals surface area contributed by atoms with Gasteiger partial charge in [-0.15, -0.1) is 10.2 Å². The highest BCUT2D eigenvalue weighted by Gasteiger charge is 2.19. The first-order valence-electron chi connectivity index (χ1n) is 9.24. The predicted molar refractivity (Wildman–Crippen MR) is 117 cm³/mol. The predicted octanol–water partition coefficient (Wildman–Crippen LogP) is 4.46. The monoisotopic (exact) mass is 430 g/mol. The molecule has 0 spiro atoms. The van der Waals surface area contributed by atoms with E-state index < -0.39 is 0 Å². The lowest BCUT2D eigenvalue weighted by Crippen LogP contribution is -2.28. The van der Waals surface area contributed by atoms with E-state index in [0.717, 1.165) is 11.3 Å². The largest absolute Gasteiger partial charge is 0.496 e. The average Bonchev–Trinajstić information content (AvgIpc) is 3.15. The van der Waals surface area contributed by atoms with Gasteiger partial charge < -0.3 is 10.1 Å². The Balaban J connectivity index is 1.96. The molecule has 152 valence electrons. The van der Waals surface area contributed by atoms with Gasteiger partial charge in [-0.25, -0.2) is 0 Å². The number of carbonyl (C=O) groups is 1. The maximum atomic E-state index is 12.2. The van der Waals surface area contributed by atoms with Crippen LogP contribution < -0.4 is 10.1 Å². The standard InChI is InChI=1S/C21H23ClN4O2S/c1-14(2)12-23-19(27)13-29-21-25-24-20(17-6-4-5-7-18(17)28-3)26(21)16-10-8-15(22)9-11-16/h4-11,14H,12-13H2,1-3H3,(H,23,27). The van der Waals surface area contributed by atoms with Crippen molar-refractivity contribution in [3.05, 3.63) is 53.6 Å². The van der Waals surface area contributed by atoms with Gasteiger partial charge in [0.2, 0.25) is 5.91 Å². The molecule has 0 bridgehead atoms. The first kappa shape index (κ1) is 21.2. The number of benzene rings is 2. The van der Waals surface area contributed by atoms with Crippen molar-refractivity contribution in [2.75, 3.05) is 19.4 Å². The summed E-state index contributed by atoms with van der Waals surface area (Å²) in [4.78, 5) is 12.2. The molecule has 3 rings (SSSR count). The molecule has 0 aliphatic carbocycles. The van der Waals surface area contributed by atoms with Crippen LogP contribution in [-0.4, -0.2) is 40.1 Å². The van der Waals surface area contributed by atoms with E-state index in [4.69, 9.17) is 16.3 Å². The lowest BCUT2D eigenvalue weighted by atomic mass is 10.2. The number of aromatic nitrogens is 3. The molecule has 0 aliphatic heterocycles. The average molecular weight is 431 g/mol. The molecule has 8 heteroatoms. The van der Waals surface area contributed by atoms with Gasteiger partial charge in [0.25, 0.3) is 0 Å². The fourth-order valence-corrected chi connectivity index (χ4v) is 3.60. The van der Waals surface area contributed by atoms with E-state index in [1.54, 1.807) is 7.11 Å². The van der Waals surface area contributed by atoms with Crippen molar-refractivity contribution in [3.63, 3.8) is 0 Å². The third kappa shape index (κ3) is 5.31. The minimum atomic E-state index is -0.0341. The summed E-state index contributed by atoms with van der Waals surface area (Å²) < 4.78 is 7.41. The summed E-state index contributed by atoms with van der Waals surface area (Å²) in [5.41, 5.74) is 1.67. The normalized spacial score (nSPS) is 10.9. The van der Waals surface area contributed by atoms with Crippen LogP contribution in [0.5, 0.6) is 5.75 Å². The molecule has 0 radical (unpaired) electrons. The van der Waals surface area contributed by atoms with Gasteiger partial charge in [0.15, 0.2) is 11.0 Å². The van der Waals surface area contributed by atoms with Gasteiger partial charge in [-0.2, -0.15) is 0 Å². The second-order valence-electron chi connectivity index (χ2n) is 6.80. The molecular formula is C21H23ClN4O2S. The van der Waals surface area contributed by atoms with Gasteiger partial charge >= 0.3 is 0 Å². The summed E-state index contributed by atoms with van der Waals surface area (Å²) in [6.07, 6.45) is 0. The summed E-state index contributed by atoms with van der Waals surface area (Å²) in [6.45, 7) is 4.77. The summed E-state index contributed by atoms with van der Waals surface area (Å²) in [5.74, 6) is 1.95. The number of halogens is 1. The smallest absolute Gasteiger partial charge is 0.230 e. The highest BCUT2D eigenvalue weighted by molar-refractivity contribution is 7.99. The minimum absolute atomic E-state index is 0.0341. The van der Waals surface area contributed by atoms with Gasteiger partial charge in [-0.3, -0.25) is 9.36 Å². The summed E-state index contributed by atoms with van der Waals surface area (Å²) in [6, 6.07) is 15.0. The number of nitrogens with one attached hydrogen (secondary N) is 1. The van der Waals surface area contributed by atoms with Crippen LogP contribution >= 0.6 is 23.4 Å². The summed E-state index contributed by atoms with van der Waals surface area (Å²) in [5, 5.41) is 12.9. The van der Waals surface area contributed by atoms with E-state index in [1.807, 2.05) is 53.1 Å². The molecule has 1 N–H and O–H groups in total. The fourth-order valence-electron chi connectivity index (χ4n) is 2.69. The molecule has 0 fully saturated rings. The zero-order valence-electron chi connectivity index (χ0n) is 16.6. The second kappa shape index (κ2) is 9.80. The molecule has 0 unspecified atom stereocenters. The van der Waals surface area contributed by atoms with Gasteiger partial charge in [-0.1, -0.05) is 49.3 Å². The zero-order valence-corrected chi connectivity index (χ0v) is 18.1. The molecule has 0 saturated heterocycles. The Morgan fingerprint density at radius 2 is 1.90 bits per heavy atom. The van der Waals surface area contributed by atoms with Crippen molar-refractivity contribution in [1.29, 1.82) is 0 Å². The van der Waals surface area contributed by atoms with E-state index in [0.29, 0.717) is 34.2 Å². The molecule has 1 heterocycles. The molecule has 1 amide bonds. The molecule has 0 atom stereocenters. The Labute approximate surface area is 179 Å². The van der Waals surface area contributed by atoms with Gasteiger partial charge in [0.05, 0.1) is 18.4 Å². The maximum absolute atomic E-state index is 12.2.